The number of unbranched alkanes of at least 4 members (excludes halogenated alkanes) is 1. The molecule has 1 N–H and O–H groups in total. The summed E-state index contributed by atoms with van der Waals surface area (Å²) in [5, 5.41) is 4.29. The largest absolute Gasteiger partial charge is 0.355 e. The van der Waals surface area contributed by atoms with Gasteiger partial charge in [0, 0.05) is 29.2 Å². The molecule has 0 fully saturated rings. The Labute approximate surface area is 181 Å². The Balaban J connectivity index is 1.80. The molecule has 4 heteroatoms. The fourth-order valence-corrected chi connectivity index (χ4v) is 4.42. The van der Waals surface area contributed by atoms with E-state index in [1.807, 2.05) is 72.2 Å². The molecule has 0 saturated heterocycles. The van der Waals surface area contributed by atoms with Crippen LogP contribution in [0.2, 0.25) is 0 Å². The number of carbonyl (C=O) groups is 1. The molecular formula is C27H24N2O2. The van der Waals surface area contributed by atoms with Crippen LogP contribution in [0, 0.1) is 6.92 Å². The van der Waals surface area contributed by atoms with Gasteiger partial charge in [0.1, 0.15) is 0 Å². The predicted molar refractivity (Wildman–Crippen MR) is 126 cm³/mol. The number of aromatic nitrogens is 1. The number of rotatable bonds is 5. The molecule has 3 aromatic carbocycles. The quantitative estimate of drug-likeness (QED) is 0.384. The van der Waals surface area contributed by atoms with Crippen LogP contribution in [-0.4, -0.2) is 10.4 Å². The number of benzene rings is 3. The third-order valence-corrected chi connectivity index (χ3v) is 6.03. The van der Waals surface area contributed by atoms with Crippen molar-refractivity contribution in [2.45, 2.75) is 33.2 Å². The van der Waals surface area contributed by atoms with Gasteiger partial charge in [-0.3, -0.25) is 9.59 Å². The van der Waals surface area contributed by atoms with Crippen molar-refractivity contribution in [2.75, 3.05) is 5.32 Å². The topological polar surface area (TPSA) is 51.1 Å². The fraction of sp³-hybridized carbons (Fsp3) is 0.185. The Morgan fingerprint density at radius 3 is 2.35 bits per heavy atom. The molecule has 0 atom stereocenters. The van der Waals surface area contributed by atoms with Crippen molar-refractivity contribution < 1.29 is 4.79 Å². The highest BCUT2D eigenvalue weighted by Crippen LogP contribution is 2.42. The van der Waals surface area contributed by atoms with E-state index in [0.29, 0.717) is 17.7 Å². The molecule has 0 amide bonds. The summed E-state index contributed by atoms with van der Waals surface area (Å²) in [7, 11) is 0. The number of carbonyl (C=O) groups excluding carboxylic acids is 1. The van der Waals surface area contributed by atoms with E-state index in [-0.39, 0.29) is 11.3 Å². The van der Waals surface area contributed by atoms with Crippen molar-refractivity contribution >= 4 is 28.1 Å². The molecule has 4 nitrogen and oxygen atoms in total. The molecule has 1 aliphatic rings. The van der Waals surface area contributed by atoms with Gasteiger partial charge in [0.15, 0.2) is 5.78 Å². The Morgan fingerprint density at radius 1 is 0.871 bits per heavy atom. The second-order valence-corrected chi connectivity index (χ2v) is 8.15. The minimum absolute atomic E-state index is 0.0102. The Hall–Kier alpha value is -3.66. The minimum atomic E-state index is -0.0229. The second kappa shape index (κ2) is 7.55. The summed E-state index contributed by atoms with van der Waals surface area (Å²) in [4.78, 5) is 26.7. The molecule has 1 aliphatic carbocycles. The Kier molecular flexibility index (Phi) is 4.70. The maximum absolute atomic E-state index is 13.6. The molecule has 0 aliphatic heterocycles. The van der Waals surface area contributed by atoms with Crippen LogP contribution in [0.3, 0.4) is 0 Å². The van der Waals surface area contributed by atoms with Crippen LogP contribution in [0.1, 0.15) is 41.3 Å². The molecule has 0 spiro atoms. The highest BCUT2D eigenvalue weighted by atomic mass is 16.1. The van der Waals surface area contributed by atoms with Gasteiger partial charge >= 0.3 is 0 Å². The molecule has 4 aromatic rings. The first kappa shape index (κ1) is 19.3. The number of aryl methyl sites for hydroxylation is 2. The fourth-order valence-electron chi connectivity index (χ4n) is 4.42. The summed E-state index contributed by atoms with van der Waals surface area (Å²) in [5.74, 6) is -0.0102. The molecule has 31 heavy (non-hydrogen) atoms. The average Bonchev–Trinajstić information content (AvgIpc) is 2.78. The molecule has 0 bridgehead atoms. The van der Waals surface area contributed by atoms with Crippen LogP contribution in [0.5, 0.6) is 0 Å². The Morgan fingerprint density at radius 2 is 1.61 bits per heavy atom. The SMILES string of the molecule is CCCCn1c(=O)cc2c3c(c(Nc4ccc(C)cc4)ccc31)C(=O)c1ccccc1-2. The van der Waals surface area contributed by atoms with Gasteiger partial charge < -0.3 is 9.88 Å². The number of hydrogen-bond donors (Lipinski definition) is 1. The van der Waals surface area contributed by atoms with Crippen LogP contribution < -0.4 is 10.9 Å². The van der Waals surface area contributed by atoms with Crippen LogP contribution in [0.15, 0.2) is 71.5 Å². The number of pyridine rings is 1. The number of nitrogens with zero attached hydrogens (tertiary/aromatic N) is 1. The van der Waals surface area contributed by atoms with E-state index >= 15 is 0 Å². The van der Waals surface area contributed by atoms with Crippen molar-refractivity contribution in [3.8, 4) is 11.1 Å². The van der Waals surface area contributed by atoms with Gasteiger partial charge in [-0.15, -0.1) is 0 Å². The first-order valence-corrected chi connectivity index (χ1v) is 10.8. The number of anilines is 2. The van der Waals surface area contributed by atoms with Crippen LogP contribution in [0.4, 0.5) is 11.4 Å². The third kappa shape index (κ3) is 3.15. The van der Waals surface area contributed by atoms with Gasteiger partial charge in [0.25, 0.3) is 5.56 Å². The van der Waals surface area contributed by atoms with E-state index in [2.05, 4.69) is 12.2 Å². The predicted octanol–water partition coefficient (Wildman–Crippen LogP) is 6.07. The first-order valence-electron chi connectivity index (χ1n) is 10.8. The maximum atomic E-state index is 13.6. The van der Waals surface area contributed by atoms with E-state index in [9.17, 15) is 9.59 Å². The van der Waals surface area contributed by atoms with Crippen LogP contribution in [0.25, 0.3) is 22.0 Å². The van der Waals surface area contributed by atoms with Crippen molar-refractivity contribution in [3.05, 3.63) is 93.8 Å². The average molecular weight is 409 g/mol. The number of hydrogen-bond acceptors (Lipinski definition) is 3. The zero-order chi connectivity index (χ0) is 21.5. The summed E-state index contributed by atoms with van der Waals surface area (Å²) in [6.07, 6.45) is 1.91. The molecule has 154 valence electrons. The van der Waals surface area contributed by atoms with Crippen LogP contribution in [-0.2, 0) is 6.54 Å². The van der Waals surface area contributed by atoms with Gasteiger partial charge in [-0.25, -0.2) is 0 Å². The summed E-state index contributed by atoms with van der Waals surface area (Å²) in [6, 6.07) is 21.3. The standard InChI is InChI=1S/C27H24N2O2/c1-3-4-15-29-23-14-13-22(28-18-11-9-17(2)10-12-18)26-25(23)21(16-24(29)30)19-7-5-6-8-20(19)27(26)31/h5-14,16,28H,3-4,15H2,1-2H3. The summed E-state index contributed by atoms with van der Waals surface area (Å²) >= 11 is 0. The van der Waals surface area contributed by atoms with E-state index in [1.165, 1.54) is 5.56 Å². The number of fused-ring (bicyclic) bond motifs is 2. The summed E-state index contributed by atoms with van der Waals surface area (Å²) < 4.78 is 1.81. The lowest BCUT2D eigenvalue weighted by Gasteiger charge is -2.24. The lowest BCUT2D eigenvalue weighted by Crippen LogP contribution is -2.23. The Bertz CT molecular complexity index is 1380. The molecular weight excluding hydrogens is 384 g/mol. The number of ketones is 1. The van der Waals surface area contributed by atoms with E-state index < -0.39 is 0 Å². The molecule has 1 aromatic heterocycles. The third-order valence-electron chi connectivity index (χ3n) is 6.03. The van der Waals surface area contributed by atoms with Crippen LogP contribution >= 0.6 is 0 Å². The minimum Gasteiger partial charge on any atom is -0.355 e. The summed E-state index contributed by atoms with van der Waals surface area (Å²) in [6.45, 7) is 4.80. The normalized spacial score (nSPS) is 12.1. The summed E-state index contributed by atoms with van der Waals surface area (Å²) in [5.41, 5.74) is 6.61. The zero-order valence-corrected chi connectivity index (χ0v) is 17.7. The maximum Gasteiger partial charge on any atom is 0.251 e. The monoisotopic (exact) mass is 408 g/mol. The molecule has 5 rings (SSSR count). The molecule has 0 radical (unpaired) electrons. The lowest BCUT2D eigenvalue weighted by molar-refractivity contribution is 0.104. The highest BCUT2D eigenvalue weighted by molar-refractivity contribution is 6.28. The lowest BCUT2D eigenvalue weighted by atomic mass is 9.83. The van der Waals surface area contributed by atoms with Crippen molar-refractivity contribution in [1.29, 1.82) is 0 Å². The highest BCUT2D eigenvalue weighted by Gasteiger charge is 2.29. The second-order valence-electron chi connectivity index (χ2n) is 8.15. The van der Waals surface area contributed by atoms with Gasteiger partial charge in [-0.2, -0.15) is 0 Å². The van der Waals surface area contributed by atoms with Gasteiger partial charge in [-0.05, 0) is 48.7 Å². The smallest absolute Gasteiger partial charge is 0.251 e. The van der Waals surface area contributed by atoms with Gasteiger partial charge in [-0.1, -0.05) is 55.3 Å². The molecule has 1 heterocycles. The van der Waals surface area contributed by atoms with Gasteiger partial charge in [0.2, 0.25) is 0 Å². The number of nitrogens with one attached hydrogen (secondary N) is 1. The first-order chi connectivity index (χ1) is 15.1. The molecule has 0 unspecified atom stereocenters. The van der Waals surface area contributed by atoms with E-state index in [1.54, 1.807) is 6.07 Å². The van der Waals surface area contributed by atoms with Crippen molar-refractivity contribution in [3.63, 3.8) is 0 Å². The van der Waals surface area contributed by atoms with Crippen molar-refractivity contribution in [1.82, 2.24) is 4.57 Å². The van der Waals surface area contributed by atoms with Crippen molar-refractivity contribution in [2.24, 2.45) is 0 Å². The van der Waals surface area contributed by atoms with E-state index in [0.717, 1.165) is 46.2 Å². The molecule has 0 saturated carbocycles. The zero-order valence-electron chi connectivity index (χ0n) is 17.7. The van der Waals surface area contributed by atoms with E-state index in [4.69, 9.17) is 0 Å². The van der Waals surface area contributed by atoms with Gasteiger partial charge in [0.05, 0.1) is 16.8 Å².